The smallest absolute Gasteiger partial charge is 0.256 e. The predicted octanol–water partition coefficient (Wildman–Crippen LogP) is 3.49. The van der Waals surface area contributed by atoms with Crippen LogP contribution in [-0.4, -0.2) is 23.6 Å². The van der Waals surface area contributed by atoms with Crippen molar-refractivity contribution >= 4 is 33.8 Å². The third kappa shape index (κ3) is 4.18. The molecule has 1 aromatic carbocycles. The Morgan fingerprint density at radius 2 is 2.09 bits per heavy atom. The summed E-state index contributed by atoms with van der Waals surface area (Å²) in [7, 11) is 0. The van der Waals surface area contributed by atoms with Crippen LogP contribution in [0.2, 0.25) is 0 Å². The Labute approximate surface area is 139 Å². The molecule has 2 rings (SSSR count). The Kier molecular flexibility index (Phi) is 6.31. The van der Waals surface area contributed by atoms with Crippen molar-refractivity contribution in [3.63, 3.8) is 0 Å². The molecule has 2 N–H and O–H groups in total. The lowest BCUT2D eigenvalue weighted by Gasteiger charge is -2.15. The first-order valence-corrected chi connectivity index (χ1v) is 7.38. The van der Waals surface area contributed by atoms with Crippen LogP contribution in [0, 0.1) is 0 Å². The topological polar surface area (TPSA) is 63.4 Å². The van der Waals surface area contributed by atoms with E-state index >= 15 is 0 Å². The van der Waals surface area contributed by atoms with Crippen molar-refractivity contribution < 1.29 is 9.59 Å². The second-order valence-corrected chi connectivity index (χ2v) is 5.86. The van der Waals surface area contributed by atoms with E-state index in [1.807, 2.05) is 13.0 Å². The van der Waals surface area contributed by atoms with Crippen molar-refractivity contribution in [2.24, 2.45) is 0 Å². The minimum absolute atomic E-state index is 0.00296. The molecule has 0 aliphatic carbocycles. The van der Waals surface area contributed by atoms with Crippen LogP contribution in [0.4, 0.5) is 5.69 Å². The van der Waals surface area contributed by atoms with Crippen molar-refractivity contribution in [2.75, 3.05) is 12.3 Å². The van der Waals surface area contributed by atoms with Crippen LogP contribution >= 0.6 is 15.9 Å². The van der Waals surface area contributed by atoms with Gasteiger partial charge in [0.1, 0.15) is 6.29 Å². The van der Waals surface area contributed by atoms with Crippen molar-refractivity contribution in [1.29, 1.82) is 0 Å². The van der Waals surface area contributed by atoms with Gasteiger partial charge in [-0.2, -0.15) is 0 Å². The monoisotopic (exact) mass is 362 g/mol. The zero-order valence-electron chi connectivity index (χ0n) is 12.6. The number of amides is 1. The fourth-order valence-electron chi connectivity index (χ4n) is 1.97. The van der Waals surface area contributed by atoms with Crippen LogP contribution in [-0.2, 0) is 11.3 Å². The van der Waals surface area contributed by atoms with Gasteiger partial charge in [0.05, 0.1) is 5.56 Å². The standard InChI is InChI=1S/C12H13BrN2O.C5H6O/c1-7(2)5-15-6-8-9(13)3-4-10(14)11(8)12(15)16;1-3-5(2)4-6/h3-4H,1,5-6,14H2,2H3;3-4H,1-2H2. The maximum atomic E-state index is 12.1. The second-order valence-electron chi connectivity index (χ2n) is 5.01. The number of halogens is 1. The van der Waals surface area contributed by atoms with Gasteiger partial charge in [0.15, 0.2) is 0 Å². The van der Waals surface area contributed by atoms with E-state index in [-0.39, 0.29) is 5.91 Å². The minimum atomic E-state index is -0.00296. The number of benzene rings is 1. The quantitative estimate of drug-likeness (QED) is 0.293. The van der Waals surface area contributed by atoms with Gasteiger partial charge >= 0.3 is 0 Å². The molecule has 1 aliphatic heterocycles. The summed E-state index contributed by atoms with van der Waals surface area (Å²) in [6.07, 6.45) is 2.07. The molecule has 0 unspecified atom stereocenters. The largest absolute Gasteiger partial charge is 0.398 e. The Morgan fingerprint density at radius 1 is 1.45 bits per heavy atom. The third-order valence-corrected chi connectivity index (χ3v) is 3.76. The van der Waals surface area contributed by atoms with E-state index in [2.05, 4.69) is 35.7 Å². The first kappa shape index (κ1) is 17.9. The summed E-state index contributed by atoms with van der Waals surface area (Å²) in [5.41, 5.74) is 9.39. The van der Waals surface area contributed by atoms with Crippen LogP contribution in [0.15, 0.2) is 53.6 Å². The van der Waals surface area contributed by atoms with E-state index in [0.717, 1.165) is 15.6 Å². The number of nitrogen functional groups attached to an aromatic ring is 1. The highest BCUT2D eigenvalue weighted by molar-refractivity contribution is 9.10. The third-order valence-electron chi connectivity index (χ3n) is 3.01. The van der Waals surface area contributed by atoms with E-state index in [1.54, 1.807) is 11.0 Å². The van der Waals surface area contributed by atoms with Gasteiger partial charge in [-0.05, 0) is 19.1 Å². The van der Waals surface area contributed by atoms with Crippen molar-refractivity contribution in [3.8, 4) is 0 Å². The summed E-state index contributed by atoms with van der Waals surface area (Å²) >= 11 is 3.45. The van der Waals surface area contributed by atoms with Gasteiger partial charge < -0.3 is 10.6 Å². The lowest BCUT2D eigenvalue weighted by molar-refractivity contribution is -0.104. The number of nitrogens with zero attached hydrogens (tertiary/aromatic N) is 1. The average molecular weight is 363 g/mol. The first-order chi connectivity index (χ1) is 10.3. The van der Waals surface area contributed by atoms with Crippen LogP contribution in [0.5, 0.6) is 0 Å². The number of rotatable bonds is 4. The molecule has 1 heterocycles. The van der Waals surface area contributed by atoms with Crippen LogP contribution in [0.3, 0.4) is 0 Å². The van der Waals surface area contributed by atoms with E-state index < -0.39 is 0 Å². The molecule has 1 aromatic rings. The molecule has 0 bridgehead atoms. The van der Waals surface area contributed by atoms with Crippen LogP contribution < -0.4 is 5.73 Å². The molecule has 5 heteroatoms. The highest BCUT2D eigenvalue weighted by Gasteiger charge is 2.30. The summed E-state index contributed by atoms with van der Waals surface area (Å²) in [6, 6.07) is 3.64. The minimum Gasteiger partial charge on any atom is -0.398 e. The molecule has 116 valence electrons. The Balaban J connectivity index is 0.000000346. The number of carbonyl (C=O) groups excluding carboxylic acids is 2. The van der Waals surface area contributed by atoms with Gasteiger partial charge in [-0.3, -0.25) is 9.59 Å². The van der Waals surface area contributed by atoms with E-state index in [0.29, 0.717) is 36.2 Å². The van der Waals surface area contributed by atoms with Crippen molar-refractivity contribution in [3.05, 3.63) is 64.7 Å². The molecule has 0 saturated carbocycles. The lowest BCUT2D eigenvalue weighted by Crippen LogP contribution is -2.25. The highest BCUT2D eigenvalue weighted by atomic mass is 79.9. The number of fused-ring (bicyclic) bond motifs is 1. The van der Waals surface area contributed by atoms with Gasteiger partial charge in [0, 0.05) is 34.4 Å². The van der Waals surface area contributed by atoms with E-state index in [1.165, 1.54) is 6.08 Å². The number of anilines is 1. The van der Waals surface area contributed by atoms with Crippen LogP contribution in [0.1, 0.15) is 22.8 Å². The summed E-state index contributed by atoms with van der Waals surface area (Å²) in [4.78, 5) is 23.4. The summed E-state index contributed by atoms with van der Waals surface area (Å²) in [5.74, 6) is -0.00296. The second kappa shape index (κ2) is 7.75. The molecule has 0 aromatic heterocycles. The van der Waals surface area contributed by atoms with Gasteiger partial charge in [0.2, 0.25) is 0 Å². The van der Waals surface area contributed by atoms with E-state index in [4.69, 9.17) is 5.73 Å². The molecule has 0 saturated heterocycles. The number of nitrogens with two attached hydrogens (primary N) is 1. The van der Waals surface area contributed by atoms with Crippen molar-refractivity contribution in [1.82, 2.24) is 4.90 Å². The van der Waals surface area contributed by atoms with Gasteiger partial charge in [-0.1, -0.05) is 47.3 Å². The summed E-state index contributed by atoms with van der Waals surface area (Å²) in [6.45, 7) is 13.5. The zero-order chi connectivity index (χ0) is 16.9. The molecule has 0 fully saturated rings. The Morgan fingerprint density at radius 3 is 2.50 bits per heavy atom. The molecule has 0 spiro atoms. The fraction of sp³-hybridized carbons (Fsp3) is 0.176. The molecule has 0 atom stereocenters. The lowest BCUT2D eigenvalue weighted by atomic mass is 10.1. The average Bonchev–Trinajstić information content (AvgIpc) is 2.80. The number of hydrogen-bond donors (Lipinski definition) is 1. The highest BCUT2D eigenvalue weighted by Crippen LogP contribution is 2.33. The molecular weight excluding hydrogens is 344 g/mol. The summed E-state index contributed by atoms with van der Waals surface area (Å²) < 4.78 is 0.939. The van der Waals surface area contributed by atoms with Gasteiger partial charge in [-0.25, -0.2) is 0 Å². The number of aldehydes is 1. The normalized spacial score (nSPS) is 12.1. The predicted molar refractivity (Wildman–Crippen MR) is 93.5 cm³/mol. The maximum Gasteiger partial charge on any atom is 0.256 e. The number of allylic oxidation sites excluding steroid dienone is 2. The summed E-state index contributed by atoms with van der Waals surface area (Å²) in [5, 5.41) is 0. The van der Waals surface area contributed by atoms with Gasteiger partial charge in [-0.15, -0.1) is 0 Å². The SMILES string of the molecule is C=C(C)CN1Cc2c(Br)ccc(N)c2C1=O.C=CC(=C)C=O. The Bertz CT molecular complexity index is 640. The Hall–Kier alpha value is -2.14. The maximum absolute atomic E-state index is 12.1. The van der Waals surface area contributed by atoms with Crippen LogP contribution in [0.25, 0.3) is 0 Å². The molecule has 0 radical (unpaired) electrons. The first-order valence-electron chi connectivity index (χ1n) is 6.58. The molecular formula is C17H19BrN2O2. The number of carbonyl (C=O) groups is 2. The molecule has 1 amide bonds. The number of hydrogen-bond acceptors (Lipinski definition) is 3. The fourth-order valence-corrected chi connectivity index (χ4v) is 2.43. The molecule has 4 nitrogen and oxygen atoms in total. The molecule has 22 heavy (non-hydrogen) atoms. The molecule has 1 aliphatic rings. The van der Waals surface area contributed by atoms with Gasteiger partial charge in [0.25, 0.3) is 5.91 Å². The van der Waals surface area contributed by atoms with Crippen molar-refractivity contribution in [2.45, 2.75) is 13.5 Å². The van der Waals surface area contributed by atoms with E-state index in [9.17, 15) is 9.59 Å². The zero-order valence-corrected chi connectivity index (χ0v) is 14.1.